The molecule has 94 valence electrons. The minimum atomic E-state index is -0.452. The van der Waals surface area contributed by atoms with Crippen molar-refractivity contribution in [3.63, 3.8) is 0 Å². The molecule has 1 aliphatic rings. The number of allylic oxidation sites excluding steroid dienone is 1. The quantitative estimate of drug-likeness (QED) is 0.789. The Morgan fingerprint density at radius 2 is 2.22 bits per heavy atom. The number of nitrogens with zero attached hydrogens (tertiary/aromatic N) is 1. The summed E-state index contributed by atoms with van der Waals surface area (Å²) in [6, 6.07) is 9.73. The van der Waals surface area contributed by atoms with E-state index in [0.717, 1.165) is 11.8 Å². The van der Waals surface area contributed by atoms with Crippen LogP contribution in [0.25, 0.3) is 0 Å². The molecule has 1 heterocycles. The van der Waals surface area contributed by atoms with Gasteiger partial charge in [-0.15, -0.1) is 0 Å². The second-order valence-corrected chi connectivity index (χ2v) is 4.05. The number of amides is 1. The van der Waals surface area contributed by atoms with Crippen molar-refractivity contribution in [1.29, 1.82) is 5.41 Å². The molecule has 1 aromatic carbocycles. The molecule has 0 bridgehead atoms. The summed E-state index contributed by atoms with van der Waals surface area (Å²) in [5.41, 5.74) is 6.88. The predicted octanol–water partition coefficient (Wildman–Crippen LogP) is 1.50. The van der Waals surface area contributed by atoms with Crippen molar-refractivity contribution in [2.45, 2.75) is 12.5 Å². The van der Waals surface area contributed by atoms with E-state index >= 15 is 0 Å². The van der Waals surface area contributed by atoms with Gasteiger partial charge in [0.2, 0.25) is 0 Å². The Kier molecular flexibility index (Phi) is 3.62. The third-order valence-electron chi connectivity index (χ3n) is 2.81. The number of rotatable bonds is 4. The average Bonchev–Trinajstić information content (AvgIpc) is 2.72. The van der Waals surface area contributed by atoms with Gasteiger partial charge >= 0.3 is 6.09 Å². The van der Waals surface area contributed by atoms with E-state index in [1.54, 1.807) is 0 Å². The number of carbonyl (C=O) groups is 1. The molecule has 0 unspecified atom stereocenters. The first-order valence-corrected chi connectivity index (χ1v) is 5.68. The van der Waals surface area contributed by atoms with E-state index in [2.05, 4.69) is 0 Å². The highest BCUT2D eigenvalue weighted by Gasteiger charge is 2.34. The Morgan fingerprint density at radius 1 is 1.50 bits per heavy atom. The van der Waals surface area contributed by atoms with Gasteiger partial charge < -0.3 is 15.9 Å². The molecule has 1 aromatic rings. The van der Waals surface area contributed by atoms with Crippen molar-refractivity contribution in [2.24, 2.45) is 5.73 Å². The van der Waals surface area contributed by atoms with Crippen LogP contribution < -0.4 is 5.73 Å². The van der Waals surface area contributed by atoms with Crippen LogP contribution in [0.4, 0.5) is 4.79 Å². The Morgan fingerprint density at radius 3 is 2.89 bits per heavy atom. The van der Waals surface area contributed by atoms with Crippen molar-refractivity contribution in [2.75, 3.05) is 6.61 Å². The molecule has 0 aliphatic carbocycles. The number of benzene rings is 1. The lowest BCUT2D eigenvalue weighted by atomic mass is 10.1. The van der Waals surface area contributed by atoms with Crippen molar-refractivity contribution in [3.8, 4) is 0 Å². The van der Waals surface area contributed by atoms with Crippen molar-refractivity contribution >= 4 is 12.3 Å². The Labute approximate surface area is 105 Å². The summed E-state index contributed by atoms with van der Waals surface area (Å²) in [5.74, 6) is 0.244. The van der Waals surface area contributed by atoms with E-state index in [9.17, 15) is 4.79 Å². The number of ether oxygens (including phenoxy) is 1. The van der Waals surface area contributed by atoms with E-state index in [4.69, 9.17) is 15.9 Å². The second-order valence-electron chi connectivity index (χ2n) is 4.05. The largest absolute Gasteiger partial charge is 0.447 e. The molecule has 18 heavy (non-hydrogen) atoms. The van der Waals surface area contributed by atoms with E-state index in [1.807, 2.05) is 30.3 Å². The fourth-order valence-electron chi connectivity index (χ4n) is 1.98. The summed E-state index contributed by atoms with van der Waals surface area (Å²) in [6.45, 7) is 0.320. The first-order chi connectivity index (χ1) is 8.72. The SMILES string of the molecule is N=C/C=C(\N)N1C(=O)OC[C@@H]1Cc1ccccc1. The van der Waals surface area contributed by atoms with Gasteiger partial charge in [0.15, 0.2) is 0 Å². The van der Waals surface area contributed by atoms with Crippen LogP contribution >= 0.6 is 0 Å². The molecule has 5 nitrogen and oxygen atoms in total. The van der Waals surface area contributed by atoms with Crippen LogP contribution in [0.15, 0.2) is 42.2 Å². The molecule has 2 rings (SSSR count). The Balaban J connectivity index is 2.15. The fourth-order valence-corrected chi connectivity index (χ4v) is 1.98. The van der Waals surface area contributed by atoms with Crippen LogP contribution in [0, 0.1) is 5.41 Å². The average molecular weight is 245 g/mol. The van der Waals surface area contributed by atoms with Crippen molar-refractivity contribution in [1.82, 2.24) is 4.90 Å². The summed E-state index contributed by atoms with van der Waals surface area (Å²) in [7, 11) is 0. The summed E-state index contributed by atoms with van der Waals surface area (Å²) in [6.07, 6.45) is 2.66. The molecule has 1 saturated heterocycles. The minimum absolute atomic E-state index is 0.115. The van der Waals surface area contributed by atoms with Crippen molar-refractivity contribution in [3.05, 3.63) is 47.8 Å². The number of nitrogens with two attached hydrogens (primary N) is 1. The molecule has 1 fully saturated rings. The molecule has 1 aliphatic heterocycles. The molecular weight excluding hydrogens is 230 g/mol. The molecule has 0 radical (unpaired) electrons. The lowest BCUT2D eigenvalue weighted by Gasteiger charge is -2.21. The summed E-state index contributed by atoms with van der Waals surface area (Å²) in [4.78, 5) is 13.0. The fraction of sp³-hybridized carbons (Fsp3) is 0.231. The van der Waals surface area contributed by atoms with E-state index < -0.39 is 6.09 Å². The van der Waals surface area contributed by atoms with Crippen LogP contribution in [-0.4, -0.2) is 29.9 Å². The molecule has 0 aromatic heterocycles. The normalized spacial score (nSPS) is 19.8. The van der Waals surface area contributed by atoms with Gasteiger partial charge in [0, 0.05) is 6.21 Å². The maximum absolute atomic E-state index is 11.6. The zero-order chi connectivity index (χ0) is 13.0. The van der Waals surface area contributed by atoms with Crippen molar-refractivity contribution < 1.29 is 9.53 Å². The van der Waals surface area contributed by atoms with Crippen LogP contribution in [0.5, 0.6) is 0 Å². The van der Waals surface area contributed by atoms with Gasteiger partial charge in [0.25, 0.3) is 0 Å². The number of nitrogens with one attached hydrogen (secondary N) is 1. The highest BCUT2D eigenvalue weighted by Crippen LogP contribution is 2.19. The van der Waals surface area contributed by atoms with Gasteiger partial charge in [0.1, 0.15) is 12.4 Å². The van der Waals surface area contributed by atoms with E-state index in [0.29, 0.717) is 13.0 Å². The highest BCUT2D eigenvalue weighted by atomic mass is 16.6. The number of hydrogen-bond donors (Lipinski definition) is 2. The topological polar surface area (TPSA) is 79.4 Å². The third kappa shape index (κ3) is 2.51. The van der Waals surface area contributed by atoms with E-state index in [-0.39, 0.29) is 11.9 Å². The van der Waals surface area contributed by atoms with Crippen LogP contribution in [0.3, 0.4) is 0 Å². The van der Waals surface area contributed by atoms with Crippen LogP contribution in [0.1, 0.15) is 5.56 Å². The summed E-state index contributed by atoms with van der Waals surface area (Å²) < 4.78 is 5.01. The Hall–Kier alpha value is -2.30. The molecule has 1 atom stereocenters. The molecular formula is C13H15N3O2. The number of cyclic esters (lactones) is 1. The third-order valence-corrected chi connectivity index (χ3v) is 2.81. The summed E-state index contributed by atoms with van der Waals surface area (Å²) >= 11 is 0. The molecule has 3 N–H and O–H groups in total. The van der Waals surface area contributed by atoms with Gasteiger partial charge in [-0.3, -0.25) is 4.90 Å². The van der Waals surface area contributed by atoms with Gasteiger partial charge in [-0.25, -0.2) is 4.79 Å². The minimum Gasteiger partial charge on any atom is -0.447 e. The Bertz CT molecular complexity index is 470. The van der Waals surface area contributed by atoms with Gasteiger partial charge in [-0.05, 0) is 18.1 Å². The lowest BCUT2D eigenvalue weighted by molar-refractivity contribution is 0.164. The van der Waals surface area contributed by atoms with Crippen LogP contribution in [-0.2, 0) is 11.2 Å². The first-order valence-electron chi connectivity index (χ1n) is 5.68. The maximum atomic E-state index is 11.6. The molecule has 5 heteroatoms. The zero-order valence-corrected chi connectivity index (χ0v) is 9.87. The predicted molar refractivity (Wildman–Crippen MR) is 68.2 cm³/mol. The summed E-state index contributed by atoms with van der Waals surface area (Å²) in [5, 5.41) is 6.99. The van der Waals surface area contributed by atoms with Crippen LogP contribution in [0.2, 0.25) is 0 Å². The maximum Gasteiger partial charge on any atom is 0.415 e. The zero-order valence-electron chi connectivity index (χ0n) is 9.87. The number of hydrogen-bond acceptors (Lipinski definition) is 4. The second kappa shape index (κ2) is 5.35. The first kappa shape index (κ1) is 12.2. The number of carbonyl (C=O) groups excluding carboxylic acids is 1. The van der Waals surface area contributed by atoms with Gasteiger partial charge in [0.05, 0.1) is 6.04 Å². The standard InChI is InChI=1S/C13H15N3O2/c14-7-6-12(15)16-11(9-18-13(16)17)8-10-4-2-1-3-5-10/h1-7,11,14H,8-9,15H2/b12-6+,14-7?/t11-/m0/s1. The highest BCUT2D eigenvalue weighted by molar-refractivity contribution is 5.75. The van der Waals surface area contributed by atoms with Gasteiger partial charge in [-0.2, -0.15) is 0 Å². The monoisotopic (exact) mass is 245 g/mol. The smallest absolute Gasteiger partial charge is 0.415 e. The lowest BCUT2D eigenvalue weighted by Crippen LogP contribution is -2.37. The molecule has 0 spiro atoms. The molecule has 0 saturated carbocycles. The van der Waals surface area contributed by atoms with Gasteiger partial charge in [-0.1, -0.05) is 30.3 Å². The molecule has 1 amide bonds. The van der Waals surface area contributed by atoms with E-state index in [1.165, 1.54) is 11.0 Å².